The summed E-state index contributed by atoms with van der Waals surface area (Å²) in [5.41, 5.74) is 4.94. The zero-order valence-electron chi connectivity index (χ0n) is 8.12. The number of nitrogens with one attached hydrogen (secondary N) is 1. The van der Waals surface area contributed by atoms with Crippen molar-refractivity contribution in [3.63, 3.8) is 0 Å². The minimum atomic E-state index is 0.455. The van der Waals surface area contributed by atoms with Gasteiger partial charge in [0.2, 0.25) is 0 Å². The van der Waals surface area contributed by atoms with Crippen LogP contribution in [0.1, 0.15) is 17.5 Å². The highest BCUT2D eigenvalue weighted by molar-refractivity contribution is 5.38. The van der Waals surface area contributed by atoms with Crippen LogP contribution < -0.4 is 10.2 Å². The first kappa shape index (κ1) is 9.49. The molecule has 0 saturated heterocycles. The lowest BCUT2D eigenvalue weighted by Gasteiger charge is -2.07. The van der Waals surface area contributed by atoms with E-state index in [1.165, 1.54) is 30.4 Å². The quantitative estimate of drug-likeness (QED) is 0.563. The van der Waals surface area contributed by atoms with Gasteiger partial charge in [-0.1, -0.05) is 6.07 Å². The highest BCUT2D eigenvalue weighted by Gasteiger charge is 2.10. The Bertz CT molecular complexity index is 312. The highest BCUT2D eigenvalue weighted by atomic mass is 16.5. The molecule has 0 fully saturated rings. The number of ether oxygens (including phenoxy) is 1. The van der Waals surface area contributed by atoms with Crippen molar-refractivity contribution in [1.29, 1.82) is 0 Å². The Balaban J connectivity index is 1.98. The van der Waals surface area contributed by atoms with Gasteiger partial charge in [-0.2, -0.15) is 0 Å². The second kappa shape index (κ2) is 4.44. The molecule has 0 saturated carbocycles. The standard InChI is InChI=1S/C11H15NO2/c13-12-6-7-14-11-5-4-9-2-1-3-10(9)8-11/h4-5,8,12-13H,1-3,6-7H2. The maximum Gasteiger partial charge on any atom is 0.119 e. The molecule has 0 aromatic heterocycles. The molecule has 0 radical (unpaired) electrons. The van der Waals surface area contributed by atoms with Gasteiger partial charge < -0.3 is 9.94 Å². The number of hydrogen-bond acceptors (Lipinski definition) is 3. The Kier molecular flexibility index (Phi) is 3.01. The first-order valence-corrected chi connectivity index (χ1v) is 5.02. The molecule has 0 amide bonds. The van der Waals surface area contributed by atoms with Gasteiger partial charge in [-0.3, -0.25) is 0 Å². The van der Waals surface area contributed by atoms with E-state index in [-0.39, 0.29) is 0 Å². The third kappa shape index (κ3) is 2.05. The lowest BCUT2D eigenvalue weighted by atomic mass is 10.1. The summed E-state index contributed by atoms with van der Waals surface area (Å²) in [6.45, 7) is 0.951. The molecule has 3 nitrogen and oxygen atoms in total. The maximum absolute atomic E-state index is 8.37. The molecule has 1 aromatic carbocycles. The van der Waals surface area contributed by atoms with Gasteiger partial charge >= 0.3 is 0 Å². The van der Waals surface area contributed by atoms with Crippen molar-refractivity contribution in [3.8, 4) is 5.75 Å². The number of aryl methyl sites for hydroxylation is 2. The Labute approximate surface area is 83.7 Å². The maximum atomic E-state index is 8.37. The van der Waals surface area contributed by atoms with Gasteiger partial charge in [-0.05, 0) is 42.5 Å². The van der Waals surface area contributed by atoms with Crippen molar-refractivity contribution in [2.45, 2.75) is 19.3 Å². The van der Waals surface area contributed by atoms with Gasteiger partial charge in [-0.25, -0.2) is 5.48 Å². The van der Waals surface area contributed by atoms with E-state index in [2.05, 4.69) is 17.6 Å². The van der Waals surface area contributed by atoms with E-state index in [1.807, 2.05) is 6.07 Å². The molecule has 0 bridgehead atoms. The topological polar surface area (TPSA) is 41.5 Å². The number of hydrogen-bond donors (Lipinski definition) is 2. The van der Waals surface area contributed by atoms with Crippen LogP contribution in [0.3, 0.4) is 0 Å². The van der Waals surface area contributed by atoms with E-state index in [0.717, 1.165) is 5.75 Å². The van der Waals surface area contributed by atoms with Crippen LogP contribution in [-0.4, -0.2) is 18.4 Å². The zero-order chi connectivity index (χ0) is 9.80. The SMILES string of the molecule is ONCCOc1ccc2c(c1)CCC2. The summed E-state index contributed by atoms with van der Waals surface area (Å²) >= 11 is 0. The molecule has 0 heterocycles. The van der Waals surface area contributed by atoms with Crippen molar-refractivity contribution in [3.05, 3.63) is 29.3 Å². The molecule has 0 unspecified atom stereocenters. The van der Waals surface area contributed by atoms with Crippen molar-refractivity contribution in [2.75, 3.05) is 13.2 Å². The fraction of sp³-hybridized carbons (Fsp3) is 0.455. The summed E-state index contributed by atoms with van der Waals surface area (Å²) in [6, 6.07) is 6.26. The minimum absolute atomic E-state index is 0.455. The third-order valence-electron chi connectivity index (χ3n) is 2.55. The number of fused-ring (bicyclic) bond motifs is 1. The molecule has 3 heteroatoms. The van der Waals surface area contributed by atoms with E-state index in [0.29, 0.717) is 13.2 Å². The van der Waals surface area contributed by atoms with Crippen LogP contribution in [0.2, 0.25) is 0 Å². The van der Waals surface area contributed by atoms with E-state index in [1.54, 1.807) is 0 Å². The van der Waals surface area contributed by atoms with Crippen molar-refractivity contribution >= 4 is 0 Å². The first-order chi connectivity index (χ1) is 6.90. The van der Waals surface area contributed by atoms with E-state index < -0.39 is 0 Å². The predicted molar refractivity (Wildman–Crippen MR) is 53.8 cm³/mol. The largest absolute Gasteiger partial charge is 0.492 e. The predicted octanol–water partition coefficient (Wildman–Crippen LogP) is 1.53. The summed E-state index contributed by atoms with van der Waals surface area (Å²) in [6.07, 6.45) is 3.63. The average molecular weight is 193 g/mol. The molecule has 0 spiro atoms. The van der Waals surface area contributed by atoms with Crippen LogP contribution in [0, 0.1) is 0 Å². The molecule has 76 valence electrons. The zero-order valence-corrected chi connectivity index (χ0v) is 8.12. The van der Waals surface area contributed by atoms with Gasteiger partial charge in [-0.15, -0.1) is 0 Å². The molecule has 1 aromatic rings. The lowest BCUT2D eigenvalue weighted by Crippen LogP contribution is -2.16. The van der Waals surface area contributed by atoms with Crippen molar-refractivity contribution < 1.29 is 9.94 Å². The van der Waals surface area contributed by atoms with Gasteiger partial charge in [0.15, 0.2) is 0 Å². The second-order valence-electron chi connectivity index (χ2n) is 3.54. The average Bonchev–Trinajstić information content (AvgIpc) is 2.65. The summed E-state index contributed by atoms with van der Waals surface area (Å²) in [5, 5.41) is 8.37. The van der Waals surface area contributed by atoms with Crippen LogP contribution in [0.5, 0.6) is 5.75 Å². The van der Waals surface area contributed by atoms with E-state index in [9.17, 15) is 0 Å². The molecule has 2 rings (SSSR count). The van der Waals surface area contributed by atoms with Crippen LogP contribution in [-0.2, 0) is 12.8 Å². The molecule has 14 heavy (non-hydrogen) atoms. The smallest absolute Gasteiger partial charge is 0.119 e. The Morgan fingerprint density at radius 1 is 1.29 bits per heavy atom. The Morgan fingerprint density at radius 3 is 3.00 bits per heavy atom. The molecule has 1 aliphatic carbocycles. The molecule has 2 N–H and O–H groups in total. The molecular weight excluding hydrogens is 178 g/mol. The summed E-state index contributed by atoms with van der Waals surface area (Å²) in [4.78, 5) is 0. The van der Waals surface area contributed by atoms with Crippen LogP contribution >= 0.6 is 0 Å². The second-order valence-corrected chi connectivity index (χ2v) is 3.54. The molecule has 0 aliphatic heterocycles. The fourth-order valence-electron chi connectivity index (χ4n) is 1.85. The Hall–Kier alpha value is -1.06. The van der Waals surface area contributed by atoms with Gasteiger partial charge in [0.1, 0.15) is 12.4 Å². The monoisotopic (exact) mass is 193 g/mol. The lowest BCUT2D eigenvalue weighted by molar-refractivity contribution is 0.145. The highest BCUT2D eigenvalue weighted by Crippen LogP contribution is 2.25. The fourth-order valence-corrected chi connectivity index (χ4v) is 1.85. The first-order valence-electron chi connectivity index (χ1n) is 5.02. The number of rotatable bonds is 4. The molecule has 1 aliphatic rings. The molecular formula is C11H15NO2. The summed E-state index contributed by atoms with van der Waals surface area (Å²) < 4.78 is 5.45. The van der Waals surface area contributed by atoms with Crippen molar-refractivity contribution in [2.24, 2.45) is 0 Å². The minimum Gasteiger partial charge on any atom is -0.492 e. The summed E-state index contributed by atoms with van der Waals surface area (Å²) in [7, 11) is 0. The molecule has 0 atom stereocenters. The Morgan fingerprint density at radius 2 is 2.14 bits per heavy atom. The van der Waals surface area contributed by atoms with Crippen LogP contribution in [0.4, 0.5) is 0 Å². The third-order valence-corrected chi connectivity index (χ3v) is 2.55. The number of hydroxylamine groups is 1. The van der Waals surface area contributed by atoms with Crippen LogP contribution in [0.15, 0.2) is 18.2 Å². The number of benzene rings is 1. The van der Waals surface area contributed by atoms with E-state index >= 15 is 0 Å². The van der Waals surface area contributed by atoms with E-state index in [4.69, 9.17) is 9.94 Å². The summed E-state index contributed by atoms with van der Waals surface area (Å²) in [5.74, 6) is 0.904. The van der Waals surface area contributed by atoms with Crippen LogP contribution in [0.25, 0.3) is 0 Å². The van der Waals surface area contributed by atoms with Gasteiger partial charge in [0.05, 0.1) is 6.54 Å². The normalized spacial score (nSPS) is 14.1. The van der Waals surface area contributed by atoms with Gasteiger partial charge in [0.25, 0.3) is 0 Å². The van der Waals surface area contributed by atoms with Crippen molar-refractivity contribution in [1.82, 2.24) is 5.48 Å². The van der Waals surface area contributed by atoms with Gasteiger partial charge in [0, 0.05) is 0 Å².